The van der Waals surface area contributed by atoms with Gasteiger partial charge in [0.25, 0.3) is 0 Å². The van der Waals surface area contributed by atoms with Gasteiger partial charge in [0.15, 0.2) is 0 Å². The molecule has 2 N–H and O–H groups in total. The van der Waals surface area contributed by atoms with Crippen molar-refractivity contribution in [2.24, 2.45) is 5.92 Å². The zero-order valence-corrected chi connectivity index (χ0v) is 12.0. The Labute approximate surface area is 119 Å². The molecule has 2 atom stereocenters. The lowest BCUT2D eigenvalue weighted by molar-refractivity contribution is -0.142. The van der Waals surface area contributed by atoms with Gasteiger partial charge in [-0.15, -0.1) is 0 Å². The van der Waals surface area contributed by atoms with Crippen LogP contribution in [0.5, 0.6) is 0 Å². The highest BCUT2D eigenvalue weighted by molar-refractivity contribution is 9.10. The monoisotopic (exact) mass is 332 g/mol. The Kier molecular flexibility index (Phi) is 4.45. The lowest BCUT2D eigenvalue weighted by atomic mass is 9.86. The van der Waals surface area contributed by atoms with Crippen LogP contribution in [-0.4, -0.2) is 22.1 Å². The van der Waals surface area contributed by atoms with E-state index in [1.807, 2.05) is 6.07 Å². The van der Waals surface area contributed by atoms with Gasteiger partial charge < -0.3 is 10.4 Å². The van der Waals surface area contributed by atoms with Crippen LogP contribution in [0.1, 0.15) is 25.7 Å². The van der Waals surface area contributed by atoms with E-state index < -0.39 is 5.97 Å². The summed E-state index contributed by atoms with van der Waals surface area (Å²) in [6.45, 7) is 0. The summed E-state index contributed by atoms with van der Waals surface area (Å²) in [6, 6.07) is 2.05. The van der Waals surface area contributed by atoms with E-state index in [4.69, 9.17) is 16.7 Å². The van der Waals surface area contributed by atoms with E-state index in [1.54, 1.807) is 6.20 Å². The van der Waals surface area contributed by atoms with Crippen LogP contribution in [0.25, 0.3) is 0 Å². The van der Waals surface area contributed by atoms with Gasteiger partial charge in [0.1, 0.15) is 5.15 Å². The summed E-state index contributed by atoms with van der Waals surface area (Å²) in [7, 11) is 0. The highest BCUT2D eigenvalue weighted by Gasteiger charge is 2.26. The SMILES string of the molecule is O=C(O)C1CCCC(Nc2cnc(Cl)c(Br)c2)C1. The molecule has 4 nitrogen and oxygen atoms in total. The number of rotatable bonds is 3. The maximum absolute atomic E-state index is 11.0. The Morgan fingerprint density at radius 3 is 3.00 bits per heavy atom. The van der Waals surface area contributed by atoms with Gasteiger partial charge in [-0.25, -0.2) is 4.98 Å². The number of nitrogens with one attached hydrogen (secondary N) is 1. The van der Waals surface area contributed by atoms with Gasteiger partial charge in [0.05, 0.1) is 22.3 Å². The molecule has 0 radical (unpaired) electrons. The summed E-state index contributed by atoms with van der Waals surface area (Å²) < 4.78 is 0.736. The molecule has 0 spiro atoms. The number of carboxylic acids is 1. The second kappa shape index (κ2) is 5.89. The predicted molar refractivity (Wildman–Crippen MR) is 74.0 cm³/mol. The number of carboxylic acid groups (broad SMARTS) is 1. The summed E-state index contributed by atoms with van der Waals surface area (Å²) in [5.74, 6) is -0.933. The summed E-state index contributed by atoms with van der Waals surface area (Å²) in [4.78, 5) is 15.0. The van der Waals surface area contributed by atoms with E-state index >= 15 is 0 Å². The molecule has 2 unspecified atom stereocenters. The van der Waals surface area contributed by atoms with Crippen molar-refractivity contribution in [1.82, 2.24) is 4.98 Å². The number of pyridine rings is 1. The number of aliphatic carboxylic acids is 1. The lowest BCUT2D eigenvalue weighted by Crippen LogP contribution is -2.30. The number of hydrogen-bond acceptors (Lipinski definition) is 3. The zero-order valence-electron chi connectivity index (χ0n) is 9.70. The molecular weight excluding hydrogens is 320 g/mol. The summed E-state index contributed by atoms with van der Waals surface area (Å²) >= 11 is 9.14. The second-order valence-electron chi connectivity index (χ2n) is 4.54. The summed E-state index contributed by atoms with van der Waals surface area (Å²) in [5, 5.41) is 12.8. The first-order valence-electron chi connectivity index (χ1n) is 5.86. The van der Waals surface area contributed by atoms with E-state index in [2.05, 4.69) is 26.2 Å². The fourth-order valence-corrected chi connectivity index (χ4v) is 2.73. The van der Waals surface area contributed by atoms with Crippen LogP contribution in [0.15, 0.2) is 16.7 Å². The number of anilines is 1. The molecule has 1 heterocycles. The number of hydrogen-bond donors (Lipinski definition) is 2. The van der Waals surface area contributed by atoms with Crippen molar-refractivity contribution >= 4 is 39.2 Å². The van der Waals surface area contributed by atoms with Gasteiger partial charge in [-0.2, -0.15) is 0 Å². The second-order valence-corrected chi connectivity index (χ2v) is 5.75. The molecule has 0 amide bonds. The smallest absolute Gasteiger partial charge is 0.306 e. The van der Waals surface area contributed by atoms with Gasteiger partial charge in [0, 0.05) is 6.04 Å². The minimum atomic E-state index is -0.697. The van der Waals surface area contributed by atoms with Gasteiger partial charge in [0.2, 0.25) is 0 Å². The average molecular weight is 334 g/mol. The molecule has 18 heavy (non-hydrogen) atoms. The van der Waals surface area contributed by atoms with Crippen molar-refractivity contribution in [3.8, 4) is 0 Å². The number of nitrogens with zero attached hydrogens (tertiary/aromatic N) is 1. The maximum Gasteiger partial charge on any atom is 0.306 e. The first-order chi connectivity index (χ1) is 8.56. The third kappa shape index (κ3) is 3.36. The van der Waals surface area contributed by atoms with Crippen LogP contribution < -0.4 is 5.32 Å². The Bertz CT molecular complexity index is 456. The van der Waals surface area contributed by atoms with Gasteiger partial charge in [-0.1, -0.05) is 18.0 Å². The molecule has 0 aromatic carbocycles. The van der Waals surface area contributed by atoms with E-state index in [0.717, 1.165) is 29.4 Å². The predicted octanol–water partition coefficient (Wildman–Crippen LogP) is 3.55. The van der Waals surface area contributed by atoms with E-state index in [0.29, 0.717) is 11.6 Å². The van der Waals surface area contributed by atoms with E-state index in [1.165, 1.54) is 0 Å². The Morgan fingerprint density at radius 1 is 1.56 bits per heavy atom. The molecule has 1 aromatic heterocycles. The molecule has 1 fully saturated rings. The fraction of sp³-hybridized carbons (Fsp3) is 0.500. The van der Waals surface area contributed by atoms with Crippen LogP contribution in [0.3, 0.4) is 0 Å². The molecular formula is C12H14BrClN2O2. The molecule has 1 aromatic rings. The number of carbonyl (C=O) groups is 1. The number of aromatic nitrogens is 1. The van der Waals surface area contributed by atoms with E-state index in [9.17, 15) is 4.79 Å². The van der Waals surface area contributed by atoms with Crippen molar-refractivity contribution in [3.63, 3.8) is 0 Å². The molecule has 0 bridgehead atoms. The molecule has 1 aliphatic carbocycles. The van der Waals surface area contributed by atoms with Crippen LogP contribution in [0.4, 0.5) is 5.69 Å². The normalized spacial score (nSPS) is 23.7. The molecule has 1 saturated carbocycles. The van der Waals surface area contributed by atoms with Crippen molar-refractivity contribution < 1.29 is 9.90 Å². The minimum absolute atomic E-state index is 0.190. The van der Waals surface area contributed by atoms with Crippen molar-refractivity contribution in [2.75, 3.05) is 5.32 Å². The Balaban J connectivity index is 2.00. The third-order valence-corrected chi connectivity index (χ3v) is 4.32. The molecule has 98 valence electrons. The van der Waals surface area contributed by atoms with Crippen LogP contribution in [0, 0.1) is 5.92 Å². The highest BCUT2D eigenvalue weighted by Crippen LogP contribution is 2.28. The van der Waals surface area contributed by atoms with Crippen molar-refractivity contribution in [2.45, 2.75) is 31.7 Å². The first kappa shape index (κ1) is 13.6. The van der Waals surface area contributed by atoms with Gasteiger partial charge >= 0.3 is 5.97 Å². The van der Waals surface area contributed by atoms with Crippen LogP contribution in [0.2, 0.25) is 5.15 Å². The quantitative estimate of drug-likeness (QED) is 0.830. The first-order valence-corrected chi connectivity index (χ1v) is 7.03. The summed E-state index contributed by atoms with van der Waals surface area (Å²) in [6.07, 6.45) is 5.03. The zero-order chi connectivity index (χ0) is 13.1. The molecule has 6 heteroatoms. The molecule has 2 rings (SSSR count). The van der Waals surface area contributed by atoms with Crippen LogP contribution in [-0.2, 0) is 4.79 Å². The highest BCUT2D eigenvalue weighted by atomic mass is 79.9. The molecule has 0 saturated heterocycles. The Morgan fingerprint density at radius 2 is 2.33 bits per heavy atom. The lowest BCUT2D eigenvalue weighted by Gasteiger charge is -2.28. The summed E-state index contributed by atoms with van der Waals surface area (Å²) in [5.41, 5.74) is 0.863. The maximum atomic E-state index is 11.0. The standard InChI is InChI=1S/C12H14BrClN2O2/c13-10-5-9(6-15-11(10)14)16-8-3-1-2-7(4-8)12(17)18/h5-8,16H,1-4H2,(H,17,18). The van der Waals surface area contributed by atoms with Gasteiger partial charge in [-0.05, 0) is 41.3 Å². The average Bonchev–Trinajstić information content (AvgIpc) is 2.34. The third-order valence-electron chi connectivity index (χ3n) is 3.19. The van der Waals surface area contributed by atoms with Crippen molar-refractivity contribution in [1.29, 1.82) is 0 Å². The topological polar surface area (TPSA) is 62.2 Å². The van der Waals surface area contributed by atoms with Crippen LogP contribution >= 0.6 is 27.5 Å². The van der Waals surface area contributed by atoms with Gasteiger partial charge in [-0.3, -0.25) is 4.79 Å². The fourth-order valence-electron chi connectivity index (χ4n) is 2.28. The number of halogens is 2. The van der Waals surface area contributed by atoms with Crippen molar-refractivity contribution in [3.05, 3.63) is 21.9 Å². The molecule has 0 aliphatic heterocycles. The largest absolute Gasteiger partial charge is 0.481 e. The molecule has 1 aliphatic rings. The Hall–Kier alpha value is -0.810. The van der Waals surface area contributed by atoms with E-state index in [-0.39, 0.29) is 12.0 Å². The minimum Gasteiger partial charge on any atom is -0.481 e.